The van der Waals surface area contributed by atoms with Crippen LogP contribution >= 0.6 is 0 Å². The summed E-state index contributed by atoms with van der Waals surface area (Å²) in [7, 11) is 1.75. The molecule has 1 amide bonds. The van der Waals surface area contributed by atoms with Gasteiger partial charge >= 0.3 is 0 Å². The standard InChI is InChI=1S/C14H27N3O2/c1-19-13-5-8-17(11-13)12(10-15)9-14(18)16-6-3-2-4-7-16/h12-13H,2-11,15H2,1H3. The molecule has 0 bridgehead atoms. The molecule has 0 aromatic heterocycles. The topological polar surface area (TPSA) is 58.8 Å². The Kier molecular flexibility index (Phi) is 5.60. The molecule has 2 saturated heterocycles. The van der Waals surface area contributed by atoms with Crippen LogP contribution in [0.15, 0.2) is 0 Å². The van der Waals surface area contributed by atoms with E-state index >= 15 is 0 Å². The van der Waals surface area contributed by atoms with Crippen LogP contribution in [0.5, 0.6) is 0 Å². The van der Waals surface area contributed by atoms with E-state index in [1.54, 1.807) is 7.11 Å². The van der Waals surface area contributed by atoms with Crippen molar-refractivity contribution in [1.29, 1.82) is 0 Å². The molecular weight excluding hydrogens is 242 g/mol. The van der Waals surface area contributed by atoms with Crippen LogP contribution in [-0.2, 0) is 9.53 Å². The summed E-state index contributed by atoms with van der Waals surface area (Å²) in [5.41, 5.74) is 5.86. The fourth-order valence-corrected chi connectivity index (χ4v) is 3.11. The number of hydrogen-bond donors (Lipinski definition) is 1. The Balaban J connectivity index is 1.82. The van der Waals surface area contributed by atoms with Crippen molar-refractivity contribution in [3.63, 3.8) is 0 Å². The average Bonchev–Trinajstić information content (AvgIpc) is 2.94. The normalized spacial score (nSPS) is 26.6. The highest BCUT2D eigenvalue weighted by Crippen LogP contribution is 2.18. The second-order valence-corrected chi connectivity index (χ2v) is 5.68. The van der Waals surface area contributed by atoms with Crippen LogP contribution in [0.25, 0.3) is 0 Å². The lowest BCUT2D eigenvalue weighted by Crippen LogP contribution is -2.45. The molecule has 2 heterocycles. The maximum Gasteiger partial charge on any atom is 0.224 e. The first-order valence-electron chi connectivity index (χ1n) is 7.49. The number of hydrogen-bond acceptors (Lipinski definition) is 4. The van der Waals surface area contributed by atoms with Gasteiger partial charge in [-0.25, -0.2) is 0 Å². The predicted octanol–water partition coefficient (Wildman–Crippen LogP) is 0.437. The minimum absolute atomic E-state index is 0.176. The Morgan fingerprint density at radius 2 is 2.05 bits per heavy atom. The van der Waals surface area contributed by atoms with Crippen LogP contribution in [0.4, 0.5) is 0 Å². The largest absolute Gasteiger partial charge is 0.380 e. The SMILES string of the molecule is COC1CCN(C(CN)CC(=O)N2CCCCC2)C1. The summed E-state index contributed by atoms with van der Waals surface area (Å²) in [4.78, 5) is 16.6. The van der Waals surface area contributed by atoms with Gasteiger partial charge in [-0.05, 0) is 25.7 Å². The highest BCUT2D eigenvalue weighted by atomic mass is 16.5. The van der Waals surface area contributed by atoms with Crippen LogP contribution in [-0.4, -0.2) is 67.7 Å². The molecule has 2 atom stereocenters. The van der Waals surface area contributed by atoms with E-state index in [2.05, 4.69) is 4.90 Å². The van der Waals surface area contributed by atoms with Gasteiger partial charge in [-0.2, -0.15) is 0 Å². The first kappa shape index (κ1) is 14.8. The molecule has 0 aromatic rings. The summed E-state index contributed by atoms with van der Waals surface area (Å²) < 4.78 is 5.38. The Hall–Kier alpha value is -0.650. The number of nitrogens with two attached hydrogens (primary N) is 1. The van der Waals surface area contributed by atoms with Gasteiger partial charge in [0.25, 0.3) is 0 Å². The van der Waals surface area contributed by atoms with E-state index in [0.29, 0.717) is 19.1 Å². The van der Waals surface area contributed by atoms with Crippen molar-refractivity contribution in [2.24, 2.45) is 5.73 Å². The van der Waals surface area contributed by atoms with Gasteiger partial charge in [0.15, 0.2) is 0 Å². The molecule has 2 fully saturated rings. The summed E-state index contributed by atoms with van der Waals surface area (Å²) in [5.74, 6) is 0.274. The number of methoxy groups -OCH3 is 1. The molecule has 0 saturated carbocycles. The molecule has 19 heavy (non-hydrogen) atoms. The average molecular weight is 269 g/mol. The molecule has 2 rings (SSSR count). The Morgan fingerprint density at radius 1 is 1.32 bits per heavy atom. The van der Waals surface area contributed by atoms with E-state index in [0.717, 1.165) is 45.4 Å². The Bertz CT molecular complexity index is 292. The number of amides is 1. The van der Waals surface area contributed by atoms with Crippen LogP contribution in [0, 0.1) is 0 Å². The molecule has 5 nitrogen and oxygen atoms in total. The lowest BCUT2D eigenvalue weighted by atomic mass is 10.1. The minimum atomic E-state index is 0.176. The zero-order valence-corrected chi connectivity index (χ0v) is 12.0. The molecule has 2 unspecified atom stereocenters. The van der Waals surface area contributed by atoms with Crippen LogP contribution in [0.3, 0.4) is 0 Å². The third-order valence-electron chi connectivity index (χ3n) is 4.42. The number of likely N-dealkylation sites (tertiary alicyclic amines) is 2. The third kappa shape index (κ3) is 3.91. The minimum Gasteiger partial charge on any atom is -0.380 e. The van der Waals surface area contributed by atoms with Crippen molar-refractivity contribution in [3.05, 3.63) is 0 Å². The zero-order chi connectivity index (χ0) is 13.7. The van der Waals surface area contributed by atoms with Gasteiger partial charge in [0, 0.05) is 52.3 Å². The Labute approximate surface area is 116 Å². The van der Waals surface area contributed by atoms with Crippen molar-refractivity contribution in [2.75, 3.05) is 39.8 Å². The van der Waals surface area contributed by atoms with E-state index in [9.17, 15) is 4.79 Å². The molecule has 2 aliphatic heterocycles. The smallest absolute Gasteiger partial charge is 0.224 e. The maximum atomic E-state index is 12.3. The Morgan fingerprint density at radius 3 is 2.63 bits per heavy atom. The highest BCUT2D eigenvalue weighted by molar-refractivity contribution is 5.77. The summed E-state index contributed by atoms with van der Waals surface area (Å²) in [6.45, 7) is 4.31. The number of carbonyl (C=O) groups excluding carboxylic acids is 1. The van der Waals surface area contributed by atoms with Gasteiger partial charge in [-0.15, -0.1) is 0 Å². The molecule has 110 valence electrons. The fourth-order valence-electron chi connectivity index (χ4n) is 3.11. The first-order valence-corrected chi connectivity index (χ1v) is 7.49. The fraction of sp³-hybridized carbons (Fsp3) is 0.929. The van der Waals surface area contributed by atoms with Crippen molar-refractivity contribution in [1.82, 2.24) is 9.80 Å². The molecule has 5 heteroatoms. The highest BCUT2D eigenvalue weighted by Gasteiger charge is 2.30. The lowest BCUT2D eigenvalue weighted by molar-refractivity contribution is -0.133. The van der Waals surface area contributed by atoms with E-state index < -0.39 is 0 Å². The van der Waals surface area contributed by atoms with E-state index in [4.69, 9.17) is 10.5 Å². The molecule has 2 N–H and O–H groups in total. The third-order valence-corrected chi connectivity index (χ3v) is 4.42. The molecule has 0 aliphatic carbocycles. The summed E-state index contributed by atoms with van der Waals surface area (Å²) in [6, 6.07) is 0.176. The van der Waals surface area contributed by atoms with Gasteiger partial charge in [-0.1, -0.05) is 0 Å². The first-order chi connectivity index (χ1) is 9.24. The van der Waals surface area contributed by atoms with Crippen molar-refractivity contribution in [2.45, 2.75) is 44.2 Å². The summed E-state index contributed by atoms with van der Waals surface area (Å²) in [6.07, 6.45) is 5.46. The number of nitrogens with zero attached hydrogens (tertiary/aromatic N) is 2. The number of ether oxygens (including phenoxy) is 1. The number of carbonyl (C=O) groups is 1. The van der Waals surface area contributed by atoms with Gasteiger partial charge in [0.1, 0.15) is 0 Å². The van der Waals surface area contributed by atoms with Crippen molar-refractivity contribution < 1.29 is 9.53 Å². The molecule has 0 spiro atoms. The van der Waals surface area contributed by atoms with E-state index in [-0.39, 0.29) is 11.9 Å². The molecule has 2 aliphatic rings. The number of rotatable bonds is 5. The molecule has 0 radical (unpaired) electrons. The van der Waals surface area contributed by atoms with E-state index in [1.807, 2.05) is 4.90 Å². The second-order valence-electron chi connectivity index (χ2n) is 5.68. The second kappa shape index (κ2) is 7.22. The molecular formula is C14H27N3O2. The van der Waals surface area contributed by atoms with Gasteiger partial charge < -0.3 is 15.4 Å². The van der Waals surface area contributed by atoms with Crippen molar-refractivity contribution >= 4 is 5.91 Å². The van der Waals surface area contributed by atoms with Crippen LogP contribution < -0.4 is 5.73 Å². The van der Waals surface area contributed by atoms with Gasteiger partial charge in [-0.3, -0.25) is 9.69 Å². The van der Waals surface area contributed by atoms with Crippen molar-refractivity contribution in [3.8, 4) is 0 Å². The van der Waals surface area contributed by atoms with Gasteiger partial charge in [0.05, 0.1) is 6.10 Å². The predicted molar refractivity (Wildman–Crippen MR) is 74.9 cm³/mol. The lowest BCUT2D eigenvalue weighted by Gasteiger charge is -2.31. The zero-order valence-electron chi connectivity index (χ0n) is 12.0. The van der Waals surface area contributed by atoms with Gasteiger partial charge in [0.2, 0.25) is 5.91 Å². The number of piperidine rings is 1. The maximum absolute atomic E-state index is 12.3. The van der Waals surface area contributed by atoms with Crippen LogP contribution in [0.2, 0.25) is 0 Å². The molecule has 0 aromatic carbocycles. The summed E-state index contributed by atoms with van der Waals surface area (Å²) >= 11 is 0. The monoisotopic (exact) mass is 269 g/mol. The van der Waals surface area contributed by atoms with Crippen LogP contribution in [0.1, 0.15) is 32.1 Å². The quantitative estimate of drug-likeness (QED) is 0.786. The summed E-state index contributed by atoms with van der Waals surface area (Å²) in [5, 5.41) is 0. The van der Waals surface area contributed by atoms with E-state index in [1.165, 1.54) is 6.42 Å².